The first-order valence-corrected chi connectivity index (χ1v) is 5.51. The van der Waals surface area contributed by atoms with E-state index in [0.29, 0.717) is 6.07 Å². The second-order valence-electron chi connectivity index (χ2n) is 4.20. The van der Waals surface area contributed by atoms with E-state index in [1.165, 1.54) is 6.92 Å². The number of hydrogen-bond donors (Lipinski definition) is 2. The summed E-state index contributed by atoms with van der Waals surface area (Å²) in [7, 11) is 0. The zero-order valence-corrected chi connectivity index (χ0v) is 10.4. The number of alkyl halides is 3. The Kier molecular flexibility index (Phi) is 4.53. The Morgan fingerprint density at radius 1 is 1.50 bits per heavy atom. The molecule has 0 aromatic heterocycles. The molecule has 1 amide bonds. The quantitative estimate of drug-likeness (QED) is 0.642. The van der Waals surface area contributed by atoms with Gasteiger partial charge in [-0.15, -0.1) is 0 Å². The third-order valence-corrected chi connectivity index (χ3v) is 2.43. The maximum absolute atomic E-state index is 12.9. The molecule has 0 aliphatic rings. The molecule has 0 aliphatic carbocycles. The lowest BCUT2D eigenvalue weighted by Gasteiger charge is -2.18. The fourth-order valence-electron chi connectivity index (χ4n) is 1.62. The molecule has 1 aromatic carbocycles. The number of amides is 1. The molecule has 0 aliphatic heterocycles. The van der Waals surface area contributed by atoms with Crippen LogP contribution in [0.2, 0.25) is 0 Å². The zero-order chi connectivity index (χ0) is 15.5. The maximum atomic E-state index is 12.9. The van der Waals surface area contributed by atoms with Gasteiger partial charge in [-0.05, 0) is 13.0 Å². The van der Waals surface area contributed by atoms with Crippen LogP contribution in [0.15, 0.2) is 18.2 Å². The molecule has 110 valence electrons. The van der Waals surface area contributed by atoms with E-state index in [-0.39, 0.29) is 12.1 Å². The van der Waals surface area contributed by atoms with Gasteiger partial charge in [-0.3, -0.25) is 14.9 Å². The molecular weight excluding hydrogens is 279 g/mol. The van der Waals surface area contributed by atoms with E-state index < -0.39 is 34.3 Å². The molecule has 0 fully saturated rings. The highest BCUT2D eigenvalue weighted by Crippen LogP contribution is 2.37. The van der Waals surface area contributed by atoms with Gasteiger partial charge in [0, 0.05) is 30.3 Å². The van der Waals surface area contributed by atoms with Crippen LogP contribution in [0.25, 0.3) is 0 Å². The van der Waals surface area contributed by atoms with E-state index in [1.807, 2.05) is 0 Å². The minimum atomic E-state index is -4.75. The number of benzene rings is 1. The van der Waals surface area contributed by atoms with Crippen LogP contribution >= 0.6 is 0 Å². The van der Waals surface area contributed by atoms with Gasteiger partial charge in [0.15, 0.2) is 0 Å². The normalized spacial score (nSPS) is 12.8. The van der Waals surface area contributed by atoms with Crippen molar-refractivity contribution in [3.8, 4) is 0 Å². The van der Waals surface area contributed by atoms with Crippen molar-refractivity contribution in [1.29, 1.82) is 0 Å². The van der Waals surface area contributed by atoms with Crippen molar-refractivity contribution in [2.45, 2.75) is 25.6 Å². The highest BCUT2D eigenvalue weighted by Gasteiger charge is 2.35. The number of primary amides is 1. The number of carbonyl (C=O) groups excluding carboxylic acids is 1. The largest absolute Gasteiger partial charge is 0.418 e. The van der Waals surface area contributed by atoms with Crippen molar-refractivity contribution < 1.29 is 22.9 Å². The van der Waals surface area contributed by atoms with E-state index in [9.17, 15) is 28.1 Å². The van der Waals surface area contributed by atoms with Crippen molar-refractivity contribution in [2.75, 3.05) is 5.32 Å². The van der Waals surface area contributed by atoms with Gasteiger partial charge < -0.3 is 11.1 Å². The fraction of sp³-hybridized carbons (Fsp3) is 0.364. The van der Waals surface area contributed by atoms with E-state index in [2.05, 4.69) is 5.32 Å². The van der Waals surface area contributed by atoms with E-state index >= 15 is 0 Å². The molecule has 0 spiro atoms. The molecule has 6 nitrogen and oxygen atoms in total. The number of anilines is 1. The van der Waals surface area contributed by atoms with Gasteiger partial charge in [-0.1, -0.05) is 0 Å². The maximum Gasteiger partial charge on any atom is 0.418 e. The summed E-state index contributed by atoms with van der Waals surface area (Å²) in [6.07, 6.45) is -4.91. The topological polar surface area (TPSA) is 98.3 Å². The Morgan fingerprint density at radius 2 is 2.10 bits per heavy atom. The number of nitro groups is 1. The van der Waals surface area contributed by atoms with Crippen molar-refractivity contribution >= 4 is 17.3 Å². The standard InChI is InChI=1S/C11H12F3N3O3/c1-6(4-10(15)18)16-9-3-2-7(17(19)20)5-8(9)11(12,13)14/h2-3,5-6,16H,4H2,1H3,(H2,15,18). The summed E-state index contributed by atoms with van der Waals surface area (Å²) in [6.45, 7) is 1.48. The lowest BCUT2D eigenvalue weighted by Crippen LogP contribution is -2.25. The number of nitro benzene ring substituents is 1. The number of hydrogen-bond acceptors (Lipinski definition) is 4. The molecule has 20 heavy (non-hydrogen) atoms. The molecule has 0 bridgehead atoms. The predicted molar refractivity (Wildman–Crippen MR) is 65.0 cm³/mol. The van der Waals surface area contributed by atoms with Crippen LogP contribution in [-0.2, 0) is 11.0 Å². The second-order valence-corrected chi connectivity index (χ2v) is 4.20. The second kappa shape index (κ2) is 5.76. The molecule has 0 radical (unpaired) electrons. The van der Waals surface area contributed by atoms with Crippen LogP contribution in [0.5, 0.6) is 0 Å². The molecule has 3 N–H and O–H groups in total. The van der Waals surface area contributed by atoms with Crippen LogP contribution in [0.1, 0.15) is 18.9 Å². The highest BCUT2D eigenvalue weighted by molar-refractivity contribution is 5.75. The van der Waals surface area contributed by atoms with Crippen molar-refractivity contribution in [3.63, 3.8) is 0 Å². The van der Waals surface area contributed by atoms with Gasteiger partial charge in [-0.25, -0.2) is 0 Å². The first-order valence-electron chi connectivity index (χ1n) is 5.51. The summed E-state index contributed by atoms with van der Waals surface area (Å²) in [5.41, 5.74) is 2.78. The monoisotopic (exact) mass is 291 g/mol. The molecule has 1 atom stereocenters. The predicted octanol–water partition coefficient (Wildman–Crippen LogP) is 2.29. The number of carbonyl (C=O) groups is 1. The number of nitrogens with zero attached hydrogens (tertiary/aromatic N) is 1. The molecule has 0 saturated heterocycles. The Hall–Kier alpha value is -2.32. The van der Waals surface area contributed by atoms with Gasteiger partial charge in [0.25, 0.3) is 5.69 Å². The third-order valence-electron chi connectivity index (χ3n) is 2.43. The van der Waals surface area contributed by atoms with Crippen molar-refractivity contribution in [1.82, 2.24) is 0 Å². The van der Waals surface area contributed by atoms with Gasteiger partial charge in [-0.2, -0.15) is 13.2 Å². The third kappa shape index (κ3) is 4.11. The molecule has 1 unspecified atom stereocenters. The number of halogens is 3. The highest BCUT2D eigenvalue weighted by atomic mass is 19.4. The van der Waals surface area contributed by atoms with E-state index in [0.717, 1.165) is 12.1 Å². The summed E-state index contributed by atoms with van der Waals surface area (Å²) in [4.78, 5) is 20.3. The van der Waals surface area contributed by atoms with E-state index in [1.54, 1.807) is 0 Å². The number of nitrogens with two attached hydrogens (primary N) is 1. The Bertz CT molecular complexity index is 531. The van der Waals surface area contributed by atoms with Crippen molar-refractivity contribution in [3.05, 3.63) is 33.9 Å². The minimum absolute atomic E-state index is 0.158. The average Bonchev–Trinajstić information content (AvgIpc) is 2.26. The molecule has 0 saturated carbocycles. The Labute approximate surface area is 111 Å². The number of non-ortho nitro benzene ring substituents is 1. The summed E-state index contributed by atoms with van der Waals surface area (Å²) in [6, 6.07) is 1.72. The van der Waals surface area contributed by atoms with Crippen LogP contribution in [-0.4, -0.2) is 16.9 Å². The average molecular weight is 291 g/mol. The van der Waals surface area contributed by atoms with E-state index in [4.69, 9.17) is 5.73 Å². The molecule has 1 rings (SSSR count). The van der Waals surface area contributed by atoms with Gasteiger partial charge in [0.1, 0.15) is 0 Å². The fourth-order valence-corrected chi connectivity index (χ4v) is 1.62. The first-order chi connectivity index (χ1) is 9.11. The van der Waals surface area contributed by atoms with Crippen LogP contribution in [0.3, 0.4) is 0 Å². The lowest BCUT2D eigenvalue weighted by atomic mass is 10.1. The lowest BCUT2D eigenvalue weighted by molar-refractivity contribution is -0.385. The summed E-state index contributed by atoms with van der Waals surface area (Å²) in [5.74, 6) is -0.666. The molecule has 9 heteroatoms. The van der Waals surface area contributed by atoms with Gasteiger partial charge >= 0.3 is 6.18 Å². The Balaban J connectivity index is 3.12. The molecular formula is C11H12F3N3O3. The molecule has 0 heterocycles. The summed E-state index contributed by atoms with van der Waals surface area (Å²) in [5, 5.41) is 13.0. The van der Waals surface area contributed by atoms with Crippen LogP contribution in [0.4, 0.5) is 24.5 Å². The van der Waals surface area contributed by atoms with Gasteiger partial charge in [0.05, 0.1) is 10.5 Å². The SMILES string of the molecule is CC(CC(N)=O)Nc1ccc([N+](=O)[O-])cc1C(F)(F)F. The number of rotatable bonds is 5. The summed E-state index contributed by atoms with van der Waals surface area (Å²) < 4.78 is 38.6. The zero-order valence-electron chi connectivity index (χ0n) is 10.4. The summed E-state index contributed by atoms with van der Waals surface area (Å²) >= 11 is 0. The van der Waals surface area contributed by atoms with Crippen LogP contribution in [0, 0.1) is 10.1 Å². The minimum Gasteiger partial charge on any atom is -0.382 e. The van der Waals surface area contributed by atoms with Crippen LogP contribution < -0.4 is 11.1 Å². The molecule has 1 aromatic rings. The first kappa shape index (κ1) is 15.7. The van der Waals surface area contributed by atoms with Crippen molar-refractivity contribution in [2.24, 2.45) is 5.73 Å². The Morgan fingerprint density at radius 3 is 2.55 bits per heavy atom. The number of nitrogens with one attached hydrogen (secondary N) is 1. The smallest absolute Gasteiger partial charge is 0.382 e. The van der Waals surface area contributed by atoms with Gasteiger partial charge in [0.2, 0.25) is 5.91 Å².